The summed E-state index contributed by atoms with van der Waals surface area (Å²) in [6.07, 6.45) is -1.83. The number of alkyl halides is 3. The van der Waals surface area contributed by atoms with Gasteiger partial charge in [0, 0.05) is 17.1 Å². The normalized spacial score (nSPS) is 11.4. The minimum atomic E-state index is -4.65. The third kappa shape index (κ3) is 5.54. The van der Waals surface area contributed by atoms with Gasteiger partial charge in [0.05, 0.1) is 29.3 Å². The van der Waals surface area contributed by atoms with Crippen LogP contribution >= 0.6 is 11.6 Å². The SMILES string of the molecule is CCOC(=O)Cc1ncnc2c1ncn2-c1ccc(NC(=O)Nc2ccc(Cl)c(C(F)(F)F)c2)cc1. The van der Waals surface area contributed by atoms with Gasteiger partial charge in [0.25, 0.3) is 0 Å². The topological polar surface area (TPSA) is 111 Å². The zero-order valence-electron chi connectivity index (χ0n) is 18.6. The number of aromatic nitrogens is 4. The van der Waals surface area contributed by atoms with Crippen molar-refractivity contribution in [1.29, 1.82) is 0 Å². The van der Waals surface area contributed by atoms with Gasteiger partial charge in [-0.15, -0.1) is 0 Å². The first-order valence-electron chi connectivity index (χ1n) is 10.5. The number of nitrogens with one attached hydrogen (secondary N) is 2. The molecule has 2 N–H and O–H groups in total. The molecule has 0 bridgehead atoms. The van der Waals surface area contributed by atoms with Crippen LogP contribution in [0.25, 0.3) is 16.9 Å². The number of urea groups is 1. The van der Waals surface area contributed by atoms with Gasteiger partial charge in [-0.3, -0.25) is 9.36 Å². The third-order valence-electron chi connectivity index (χ3n) is 4.96. The molecule has 0 aliphatic heterocycles. The quantitative estimate of drug-likeness (QED) is 0.338. The van der Waals surface area contributed by atoms with Crippen LogP contribution in [0.1, 0.15) is 18.2 Å². The Labute approximate surface area is 207 Å². The average Bonchev–Trinajstić information content (AvgIpc) is 3.25. The van der Waals surface area contributed by atoms with Gasteiger partial charge in [-0.05, 0) is 49.4 Å². The number of fused-ring (bicyclic) bond motifs is 1. The van der Waals surface area contributed by atoms with Gasteiger partial charge in [0.1, 0.15) is 18.2 Å². The lowest BCUT2D eigenvalue weighted by Gasteiger charge is -2.12. The Morgan fingerprint density at radius 2 is 1.72 bits per heavy atom. The molecule has 36 heavy (non-hydrogen) atoms. The highest BCUT2D eigenvalue weighted by atomic mass is 35.5. The van der Waals surface area contributed by atoms with Crippen LogP contribution < -0.4 is 10.6 Å². The van der Waals surface area contributed by atoms with E-state index in [1.807, 2.05) is 0 Å². The van der Waals surface area contributed by atoms with Crippen molar-refractivity contribution >= 4 is 46.1 Å². The van der Waals surface area contributed by atoms with E-state index in [0.29, 0.717) is 28.2 Å². The van der Waals surface area contributed by atoms with Crippen LogP contribution in [-0.2, 0) is 22.1 Å². The van der Waals surface area contributed by atoms with Gasteiger partial charge < -0.3 is 15.4 Å². The molecule has 9 nitrogen and oxygen atoms in total. The Morgan fingerprint density at radius 3 is 2.42 bits per heavy atom. The van der Waals surface area contributed by atoms with Crippen molar-refractivity contribution in [2.24, 2.45) is 0 Å². The first-order valence-corrected chi connectivity index (χ1v) is 10.9. The summed E-state index contributed by atoms with van der Waals surface area (Å²) < 4.78 is 45.7. The van der Waals surface area contributed by atoms with Crippen LogP contribution in [0.3, 0.4) is 0 Å². The van der Waals surface area contributed by atoms with Crippen molar-refractivity contribution in [2.75, 3.05) is 17.2 Å². The van der Waals surface area contributed by atoms with Crippen molar-refractivity contribution < 1.29 is 27.5 Å². The number of carbonyl (C=O) groups is 2. The number of hydrogen-bond donors (Lipinski definition) is 2. The first-order chi connectivity index (χ1) is 17.2. The van der Waals surface area contributed by atoms with Crippen molar-refractivity contribution in [2.45, 2.75) is 19.5 Å². The Hall–Kier alpha value is -4.19. The summed E-state index contributed by atoms with van der Waals surface area (Å²) in [5.74, 6) is -0.422. The van der Waals surface area contributed by atoms with E-state index in [1.54, 1.807) is 35.8 Å². The van der Waals surface area contributed by atoms with Gasteiger partial charge in [0.15, 0.2) is 5.65 Å². The fourth-order valence-corrected chi connectivity index (χ4v) is 3.59. The maximum Gasteiger partial charge on any atom is 0.417 e. The molecule has 4 rings (SSSR count). The lowest BCUT2D eigenvalue weighted by molar-refractivity contribution is -0.142. The van der Waals surface area contributed by atoms with Crippen LogP contribution in [0.4, 0.5) is 29.3 Å². The summed E-state index contributed by atoms with van der Waals surface area (Å²) in [7, 11) is 0. The summed E-state index contributed by atoms with van der Waals surface area (Å²) in [6.45, 7) is 1.97. The molecule has 0 aliphatic rings. The van der Waals surface area contributed by atoms with Gasteiger partial charge >= 0.3 is 18.2 Å². The second kappa shape index (κ2) is 10.2. The van der Waals surface area contributed by atoms with E-state index in [2.05, 4.69) is 25.6 Å². The molecule has 13 heteroatoms. The summed E-state index contributed by atoms with van der Waals surface area (Å²) in [4.78, 5) is 36.8. The second-order valence-electron chi connectivity index (χ2n) is 7.41. The maximum atomic E-state index is 13.0. The summed E-state index contributed by atoms with van der Waals surface area (Å²) in [5, 5.41) is 4.43. The first kappa shape index (κ1) is 24.9. The van der Waals surface area contributed by atoms with Crippen molar-refractivity contribution in [3.63, 3.8) is 0 Å². The van der Waals surface area contributed by atoms with Crippen molar-refractivity contribution in [3.8, 4) is 5.69 Å². The zero-order valence-corrected chi connectivity index (χ0v) is 19.4. The molecule has 0 saturated carbocycles. The molecule has 0 fully saturated rings. The number of anilines is 2. The average molecular weight is 519 g/mol. The molecule has 2 amide bonds. The van der Waals surface area contributed by atoms with Crippen molar-refractivity contribution in [1.82, 2.24) is 19.5 Å². The van der Waals surface area contributed by atoms with Crippen LogP contribution in [0, 0.1) is 0 Å². The predicted octanol–water partition coefficient (Wildman–Crippen LogP) is 5.24. The van der Waals surface area contributed by atoms with E-state index in [9.17, 15) is 22.8 Å². The number of nitrogens with zero attached hydrogens (tertiary/aromatic N) is 4. The summed E-state index contributed by atoms with van der Waals surface area (Å²) in [6, 6.07) is 8.93. The fraction of sp³-hybridized carbons (Fsp3) is 0.174. The minimum Gasteiger partial charge on any atom is -0.466 e. The Morgan fingerprint density at radius 1 is 1.03 bits per heavy atom. The number of hydrogen-bond acceptors (Lipinski definition) is 6. The minimum absolute atomic E-state index is 0.0417. The number of ether oxygens (including phenoxy) is 1. The van der Waals surface area contributed by atoms with Gasteiger partial charge in [-0.25, -0.2) is 19.7 Å². The summed E-state index contributed by atoms with van der Waals surface area (Å²) in [5.41, 5.74) is 1.31. The number of amides is 2. The molecule has 0 radical (unpaired) electrons. The number of rotatable bonds is 6. The largest absolute Gasteiger partial charge is 0.466 e. The molecule has 0 saturated heterocycles. The number of esters is 1. The molecular formula is C23H18ClF3N6O3. The summed E-state index contributed by atoms with van der Waals surface area (Å²) >= 11 is 5.60. The van der Waals surface area contributed by atoms with Crippen LogP contribution in [0.15, 0.2) is 55.1 Å². The number of halogens is 4. The molecule has 2 heterocycles. The highest BCUT2D eigenvalue weighted by molar-refractivity contribution is 6.31. The molecule has 0 spiro atoms. The van der Waals surface area contributed by atoms with Gasteiger partial charge in [-0.2, -0.15) is 13.2 Å². The lowest BCUT2D eigenvalue weighted by Crippen LogP contribution is -2.20. The molecule has 2 aromatic carbocycles. The van der Waals surface area contributed by atoms with E-state index in [4.69, 9.17) is 16.3 Å². The van der Waals surface area contributed by atoms with Crippen LogP contribution in [-0.4, -0.2) is 38.1 Å². The molecular weight excluding hydrogens is 501 g/mol. The molecule has 2 aromatic heterocycles. The number of carbonyl (C=O) groups excluding carboxylic acids is 2. The lowest BCUT2D eigenvalue weighted by atomic mass is 10.2. The molecule has 0 atom stereocenters. The monoisotopic (exact) mass is 518 g/mol. The molecule has 4 aromatic rings. The molecule has 0 aliphatic carbocycles. The van der Waals surface area contributed by atoms with Gasteiger partial charge in [-0.1, -0.05) is 11.6 Å². The highest BCUT2D eigenvalue weighted by Crippen LogP contribution is 2.36. The standard InChI is InChI=1S/C23H18ClF3N6O3/c1-2-36-19(34)10-18-20-21(29-11-28-18)33(12-30-20)15-6-3-13(4-7-15)31-22(35)32-14-5-8-17(24)16(9-14)23(25,26)27/h3-9,11-12H,2,10H2,1H3,(H2,31,32,35). The zero-order chi connectivity index (χ0) is 25.9. The van der Waals surface area contributed by atoms with Crippen LogP contribution in [0.5, 0.6) is 0 Å². The van der Waals surface area contributed by atoms with E-state index in [1.165, 1.54) is 18.7 Å². The number of imidazole rings is 1. The van der Waals surface area contributed by atoms with Crippen LogP contribution in [0.2, 0.25) is 5.02 Å². The smallest absolute Gasteiger partial charge is 0.417 e. The molecule has 186 valence electrons. The number of benzene rings is 2. The third-order valence-corrected chi connectivity index (χ3v) is 5.29. The highest BCUT2D eigenvalue weighted by Gasteiger charge is 2.33. The Balaban J connectivity index is 1.47. The van der Waals surface area contributed by atoms with E-state index in [0.717, 1.165) is 12.1 Å². The predicted molar refractivity (Wildman–Crippen MR) is 126 cm³/mol. The van der Waals surface area contributed by atoms with E-state index in [-0.39, 0.29) is 18.7 Å². The Kier molecular flexibility index (Phi) is 7.06. The van der Waals surface area contributed by atoms with Crippen molar-refractivity contribution in [3.05, 3.63) is 71.4 Å². The second-order valence-corrected chi connectivity index (χ2v) is 7.81. The molecule has 0 unspecified atom stereocenters. The van der Waals surface area contributed by atoms with Gasteiger partial charge in [0.2, 0.25) is 0 Å². The maximum absolute atomic E-state index is 13.0. The van der Waals surface area contributed by atoms with E-state index < -0.39 is 28.8 Å². The van der Waals surface area contributed by atoms with E-state index >= 15 is 0 Å². The fourth-order valence-electron chi connectivity index (χ4n) is 3.37. The Bertz CT molecular complexity index is 1420.